The summed E-state index contributed by atoms with van der Waals surface area (Å²) in [6.45, 7) is 4.67. The summed E-state index contributed by atoms with van der Waals surface area (Å²) in [6, 6.07) is 5.98. The molecule has 0 unspecified atom stereocenters. The Balaban J connectivity index is 2.80. The molecule has 15 heavy (non-hydrogen) atoms. The Bertz CT molecular complexity index is 362. The molecule has 1 aromatic rings. The fourth-order valence-electron chi connectivity index (χ4n) is 1.09. The number of hydrogen-bond donors (Lipinski definition) is 3. The van der Waals surface area contributed by atoms with Crippen LogP contribution >= 0.6 is 15.9 Å². The van der Waals surface area contributed by atoms with E-state index in [9.17, 15) is 0 Å². The number of aryl methyl sites for hydroxylation is 1. The molecule has 0 aliphatic rings. The lowest BCUT2D eigenvalue weighted by molar-refractivity contribution is 0.986. The van der Waals surface area contributed by atoms with Crippen molar-refractivity contribution in [3.63, 3.8) is 0 Å². The van der Waals surface area contributed by atoms with Crippen LogP contribution in [-0.4, -0.2) is 12.5 Å². The van der Waals surface area contributed by atoms with Gasteiger partial charge in [0.2, 0.25) is 5.96 Å². The molecule has 4 nitrogen and oxygen atoms in total. The number of aliphatic imine (C=N–C) groups is 1. The van der Waals surface area contributed by atoms with Crippen LogP contribution in [0.15, 0.2) is 27.7 Å². The van der Waals surface area contributed by atoms with Crippen molar-refractivity contribution in [3.8, 4) is 0 Å². The molecule has 0 saturated carbocycles. The van der Waals surface area contributed by atoms with Gasteiger partial charge in [0.05, 0.1) is 0 Å². The number of rotatable bonds is 2. The van der Waals surface area contributed by atoms with Crippen LogP contribution in [0, 0.1) is 6.92 Å². The molecule has 5 heteroatoms. The van der Waals surface area contributed by atoms with E-state index in [4.69, 9.17) is 5.84 Å². The molecule has 1 aromatic carbocycles. The quantitative estimate of drug-likeness (QED) is 0.334. The molecule has 0 saturated heterocycles. The first-order valence-electron chi connectivity index (χ1n) is 4.71. The standard InChI is InChI=1S/C10H15BrN4/c1-3-13-10(15-12)14-8-5-4-7(2)9(11)6-8/h4-6H,3,12H2,1-2H3,(H2,13,14,15). The summed E-state index contributed by atoms with van der Waals surface area (Å²) in [5.41, 5.74) is 4.64. The van der Waals surface area contributed by atoms with Crippen molar-refractivity contribution >= 4 is 27.6 Å². The van der Waals surface area contributed by atoms with Gasteiger partial charge in [-0.1, -0.05) is 22.0 Å². The second kappa shape index (κ2) is 5.72. The first kappa shape index (κ1) is 12.0. The molecule has 0 atom stereocenters. The predicted molar refractivity (Wildman–Crippen MR) is 67.8 cm³/mol. The van der Waals surface area contributed by atoms with Gasteiger partial charge >= 0.3 is 0 Å². The molecule has 0 aliphatic heterocycles. The van der Waals surface area contributed by atoms with E-state index in [2.05, 4.69) is 31.7 Å². The molecule has 0 bridgehead atoms. The van der Waals surface area contributed by atoms with Gasteiger partial charge in [0, 0.05) is 16.7 Å². The minimum atomic E-state index is 0.563. The number of nitrogens with one attached hydrogen (secondary N) is 2. The number of anilines is 1. The van der Waals surface area contributed by atoms with E-state index in [-0.39, 0.29) is 0 Å². The largest absolute Gasteiger partial charge is 0.325 e. The number of benzene rings is 1. The van der Waals surface area contributed by atoms with Gasteiger partial charge in [0.1, 0.15) is 0 Å². The number of nitrogens with zero attached hydrogens (tertiary/aromatic N) is 1. The fraction of sp³-hybridized carbons (Fsp3) is 0.300. The first-order chi connectivity index (χ1) is 7.17. The molecule has 0 amide bonds. The molecule has 82 valence electrons. The lowest BCUT2D eigenvalue weighted by Gasteiger charge is -2.09. The van der Waals surface area contributed by atoms with Crippen LogP contribution in [0.2, 0.25) is 0 Å². The van der Waals surface area contributed by atoms with Crippen molar-refractivity contribution in [2.45, 2.75) is 13.8 Å². The molecule has 0 radical (unpaired) electrons. The minimum Gasteiger partial charge on any atom is -0.325 e. The smallest absolute Gasteiger partial charge is 0.210 e. The Labute approximate surface area is 98.1 Å². The molecule has 0 aromatic heterocycles. The maximum atomic E-state index is 5.32. The Morgan fingerprint density at radius 2 is 2.27 bits per heavy atom. The lowest BCUT2D eigenvalue weighted by atomic mass is 10.2. The van der Waals surface area contributed by atoms with Gasteiger partial charge < -0.3 is 5.32 Å². The van der Waals surface area contributed by atoms with Crippen LogP contribution in [0.3, 0.4) is 0 Å². The van der Waals surface area contributed by atoms with Crippen LogP contribution in [0.1, 0.15) is 12.5 Å². The second-order valence-corrected chi connectivity index (χ2v) is 3.91. The van der Waals surface area contributed by atoms with Gasteiger partial charge in [0.25, 0.3) is 0 Å². The third-order valence-electron chi connectivity index (χ3n) is 1.89. The third-order valence-corrected chi connectivity index (χ3v) is 2.74. The van der Waals surface area contributed by atoms with Crippen LogP contribution in [0.4, 0.5) is 5.69 Å². The summed E-state index contributed by atoms with van der Waals surface area (Å²) in [7, 11) is 0. The van der Waals surface area contributed by atoms with Gasteiger partial charge in [0.15, 0.2) is 0 Å². The van der Waals surface area contributed by atoms with Crippen LogP contribution < -0.4 is 16.6 Å². The lowest BCUT2D eigenvalue weighted by Crippen LogP contribution is -2.36. The van der Waals surface area contributed by atoms with Crippen molar-refractivity contribution in [2.24, 2.45) is 10.8 Å². The van der Waals surface area contributed by atoms with Crippen molar-refractivity contribution in [3.05, 3.63) is 28.2 Å². The zero-order chi connectivity index (χ0) is 11.3. The molecular weight excluding hydrogens is 256 g/mol. The summed E-state index contributed by atoms with van der Waals surface area (Å²) >= 11 is 3.47. The molecular formula is C10H15BrN4. The highest BCUT2D eigenvalue weighted by Crippen LogP contribution is 2.20. The number of nitrogens with two attached hydrogens (primary N) is 1. The van der Waals surface area contributed by atoms with Crippen molar-refractivity contribution in [2.75, 3.05) is 11.9 Å². The zero-order valence-corrected chi connectivity index (χ0v) is 10.4. The highest BCUT2D eigenvalue weighted by Gasteiger charge is 1.99. The average Bonchev–Trinajstić information content (AvgIpc) is 2.23. The maximum Gasteiger partial charge on any atom is 0.210 e. The molecule has 0 heterocycles. The van der Waals surface area contributed by atoms with Crippen LogP contribution in [0.5, 0.6) is 0 Å². The van der Waals surface area contributed by atoms with Gasteiger partial charge in [-0.25, -0.2) is 5.84 Å². The Morgan fingerprint density at radius 1 is 1.53 bits per heavy atom. The van der Waals surface area contributed by atoms with Crippen LogP contribution in [0.25, 0.3) is 0 Å². The van der Waals surface area contributed by atoms with E-state index in [1.165, 1.54) is 5.56 Å². The van der Waals surface area contributed by atoms with Crippen LogP contribution in [-0.2, 0) is 0 Å². The summed E-state index contributed by atoms with van der Waals surface area (Å²) in [5.74, 6) is 5.88. The van der Waals surface area contributed by atoms with E-state index in [1.54, 1.807) is 0 Å². The normalized spacial score (nSPS) is 11.3. The number of hydrazine groups is 1. The highest BCUT2D eigenvalue weighted by atomic mass is 79.9. The van der Waals surface area contributed by atoms with Crippen molar-refractivity contribution < 1.29 is 0 Å². The van der Waals surface area contributed by atoms with Gasteiger partial charge in [-0.05, 0) is 31.5 Å². The molecule has 0 spiro atoms. The number of guanidine groups is 1. The molecule has 4 N–H and O–H groups in total. The first-order valence-corrected chi connectivity index (χ1v) is 5.51. The topological polar surface area (TPSA) is 62.4 Å². The SMILES string of the molecule is CCN=C(NN)Nc1ccc(C)c(Br)c1. The number of halogens is 1. The monoisotopic (exact) mass is 270 g/mol. The van der Waals surface area contributed by atoms with E-state index in [0.717, 1.165) is 10.2 Å². The Kier molecular flexibility index (Phi) is 4.58. The maximum absolute atomic E-state index is 5.32. The fourth-order valence-corrected chi connectivity index (χ4v) is 1.47. The average molecular weight is 271 g/mol. The van der Waals surface area contributed by atoms with E-state index in [1.807, 2.05) is 32.0 Å². The summed E-state index contributed by atoms with van der Waals surface area (Å²) < 4.78 is 1.06. The van der Waals surface area contributed by atoms with E-state index >= 15 is 0 Å². The summed E-state index contributed by atoms with van der Waals surface area (Å²) in [4.78, 5) is 4.14. The van der Waals surface area contributed by atoms with Gasteiger partial charge in [-0.2, -0.15) is 0 Å². The molecule has 0 fully saturated rings. The third kappa shape index (κ3) is 3.53. The zero-order valence-electron chi connectivity index (χ0n) is 8.84. The van der Waals surface area contributed by atoms with E-state index < -0.39 is 0 Å². The summed E-state index contributed by atoms with van der Waals surface area (Å²) in [6.07, 6.45) is 0. The molecule has 1 rings (SSSR count). The van der Waals surface area contributed by atoms with Crippen molar-refractivity contribution in [1.29, 1.82) is 0 Å². The van der Waals surface area contributed by atoms with Gasteiger partial charge in [-0.15, -0.1) is 0 Å². The predicted octanol–water partition coefficient (Wildman–Crippen LogP) is 2.01. The van der Waals surface area contributed by atoms with E-state index in [0.29, 0.717) is 12.5 Å². The minimum absolute atomic E-state index is 0.563. The highest BCUT2D eigenvalue weighted by molar-refractivity contribution is 9.10. The van der Waals surface area contributed by atoms with Gasteiger partial charge in [-0.3, -0.25) is 10.4 Å². The summed E-state index contributed by atoms with van der Waals surface area (Å²) in [5, 5.41) is 3.08. The number of hydrogen-bond acceptors (Lipinski definition) is 2. The molecule has 0 aliphatic carbocycles. The Hall–Kier alpha value is -1.07. The second-order valence-electron chi connectivity index (χ2n) is 3.06. The Morgan fingerprint density at radius 3 is 2.80 bits per heavy atom. The van der Waals surface area contributed by atoms with Crippen molar-refractivity contribution in [1.82, 2.24) is 5.43 Å².